The van der Waals surface area contributed by atoms with Crippen LogP contribution in [-0.2, 0) is 9.59 Å². The molecule has 1 unspecified atom stereocenters. The molecule has 0 aromatic heterocycles. The van der Waals surface area contributed by atoms with E-state index in [9.17, 15) is 14.7 Å². The van der Waals surface area contributed by atoms with E-state index in [-0.39, 0.29) is 12.5 Å². The first-order valence-electron chi connectivity index (χ1n) is 6.36. The Kier molecular flexibility index (Phi) is 4.16. The largest absolute Gasteiger partial charge is 0.480 e. The van der Waals surface area contributed by atoms with Gasteiger partial charge in [0.25, 0.3) is 0 Å². The summed E-state index contributed by atoms with van der Waals surface area (Å²) in [5.74, 6) is -1.04. The number of nitrogens with zero attached hydrogens (tertiary/aromatic N) is 1. The van der Waals surface area contributed by atoms with E-state index >= 15 is 0 Å². The number of likely N-dealkylation sites (N-methyl/N-ethyl adjacent to an activating group) is 1. The summed E-state index contributed by atoms with van der Waals surface area (Å²) in [6.07, 6.45) is 2.09. The molecule has 1 saturated carbocycles. The van der Waals surface area contributed by atoms with E-state index in [1.807, 2.05) is 6.07 Å². The standard InChI is InChI=1S/C14H18N2O3/c1-16(11-7-8-11)12(17)9-15-13(14(18)19)10-5-3-2-4-6-10/h2-6,11,13,15H,7-9H2,1H3,(H,18,19). The van der Waals surface area contributed by atoms with Gasteiger partial charge in [-0.3, -0.25) is 14.9 Å². The minimum absolute atomic E-state index is 0.0405. The maximum Gasteiger partial charge on any atom is 0.325 e. The molecule has 1 amide bonds. The molecule has 102 valence electrons. The first kappa shape index (κ1) is 13.5. The molecule has 2 N–H and O–H groups in total. The second kappa shape index (κ2) is 5.84. The Hall–Kier alpha value is -1.88. The average Bonchev–Trinajstić information content (AvgIpc) is 3.23. The second-order valence-corrected chi connectivity index (χ2v) is 4.80. The fourth-order valence-corrected chi connectivity index (χ4v) is 1.97. The summed E-state index contributed by atoms with van der Waals surface area (Å²) in [6.45, 7) is 0.0405. The first-order valence-corrected chi connectivity index (χ1v) is 6.36. The molecule has 1 aromatic rings. The molecule has 1 atom stereocenters. The number of hydrogen-bond acceptors (Lipinski definition) is 3. The number of hydrogen-bond donors (Lipinski definition) is 2. The Morgan fingerprint density at radius 2 is 2.00 bits per heavy atom. The Morgan fingerprint density at radius 3 is 2.53 bits per heavy atom. The first-order chi connectivity index (χ1) is 9.09. The summed E-state index contributed by atoms with van der Waals surface area (Å²) in [7, 11) is 1.76. The van der Waals surface area contributed by atoms with Gasteiger partial charge in [0.1, 0.15) is 6.04 Å². The van der Waals surface area contributed by atoms with E-state index in [0.29, 0.717) is 11.6 Å². The molecule has 5 nitrogen and oxygen atoms in total. The average molecular weight is 262 g/mol. The van der Waals surface area contributed by atoms with Crippen molar-refractivity contribution in [1.29, 1.82) is 0 Å². The van der Waals surface area contributed by atoms with Gasteiger partial charge in [0.05, 0.1) is 6.54 Å². The van der Waals surface area contributed by atoms with Crippen LogP contribution in [0.3, 0.4) is 0 Å². The van der Waals surface area contributed by atoms with Crippen molar-refractivity contribution in [2.24, 2.45) is 0 Å². The molecule has 0 radical (unpaired) electrons. The minimum atomic E-state index is -0.979. The third-order valence-corrected chi connectivity index (χ3v) is 3.33. The van der Waals surface area contributed by atoms with Gasteiger partial charge in [0.15, 0.2) is 0 Å². The quantitative estimate of drug-likeness (QED) is 0.803. The van der Waals surface area contributed by atoms with Crippen LogP contribution in [-0.4, -0.2) is 41.5 Å². The number of carboxylic acid groups (broad SMARTS) is 1. The molecule has 0 spiro atoms. The summed E-state index contributed by atoms with van der Waals surface area (Å²) in [5, 5.41) is 12.0. The van der Waals surface area contributed by atoms with Crippen LogP contribution in [0.5, 0.6) is 0 Å². The van der Waals surface area contributed by atoms with E-state index in [0.717, 1.165) is 12.8 Å². The molecule has 19 heavy (non-hydrogen) atoms. The zero-order chi connectivity index (χ0) is 13.8. The van der Waals surface area contributed by atoms with E-state index in [1.54, 1.807) is 36.2 Å². The second-order valence-electron chi connectivity index (χ2n) is 4.80. The van der Waals surface area contributed by atoms with Crippen LogP contribution < -0.4 is 5.32 Å². The van der Waals surface area contributed by atoms with Gasteiger partial charge < -0.3 is 10.0 Å². The summed E-state index contributed by atoms with van der Waals surface area (Å²) < 4.78 is 0. The molecular weight excluding hydrogens is 244 g/mol. The summed E-state index contributed by atoms with van der Waals surface area (Å²) in [6, 6.07) is 8.36. The third kappa shape index (κ3) is 3.54. The molecule has 2 rings (SSSR count). The molecule has 0 heterocycles. The van der Waals surface area contributed by atoms with Gasteiger partial charge in [0.2, 0.25) is 5.91 Å². The van der Waals surface area contributed by atoms with Crippen LogP contribution in [0.2, 0.25) is 0 Å². The van der Waals surface area contributed by atoms with Crippen LogP contribution in [0.1, 0.15) is 24.4 Å². The fraction of sp³-hybridized carbons (Fsp3) is 0.429. The Balaban J connectivity index is 1.94. The third-order valence-electron chi connectivity index (χ3n) is 3.33. The molecule has 0 bridgehead atoms. The van der Waals surface area contributed by atoms with E-state index in [2.05, 4.69) is 5.32 Å². The number of rotatable bonds is 6. The molecule has 0 saturated heterocycles. The highest BCUT2D eigenvalue weighted by molar-refractivity contribution is 5.80. The lowest BCUT2D eigenvalue weighted by atomic mass is 10.1. The number of benzene rings is 1. The van der Waals surface area contributed by atoms with Crippen LogP contribution >= 0.6 is 0 Å². The molecule has 1 aliphatic rings. The minimum Gasteiger partial charge on any atom is -0.480 e. The zero-order valence-electron chi connectivity index (χ0n) is 10.9. The van der Waals surface area contributed by atoms with Crippen molar-refractivity contribution in [3.05, 3.63) is 35.9 Å². The number of carboxylic acids is 1. The maximum absolute atomic E-state index is 11.9. The monoisotopic (exact) mass is 262 g/mol. The van der Waals surface area contributed by atoms with E-state index in [1.165, 1.54) is 0 Å². The SMILES string of the molecule is CN(C(=O)CNC(C(=O)O)c1ccccc1)C1CC1. The molecule has 1 aromatic carbocycles. The fourth-order valence-electron chi connectivity index (χ4n) is 1.97. The van der Waals surface area contributed by atoms with Crippen LogP contribution in [0.25, 0.3) is 0 Å². The van der Waals surface area contributed by atoms with Crippen molar-refractivity contribution >= 4 is 11.9 Å². The van der Waals surface area contributed by atoms with Gasteiger partial charge in [0, 0.05) is 13.1 Å². The summed E-state index contributed by atoms with van der Waals surface area (Å²) in [5.41, 5.74) is 0.650. The highest BCUT2D eigenvalue weighted by Crippen LogP contribution is 2.25. The topological polar surface area (TPSA) is 69.6 Å². The van der Waals surface area contributed by atoms with Gasteiger partial charge in [-0.25, -0.2) is 0 Å². The Bertz CT molecular complexity index is 457. The van der Waals surface area contributed by atoms with Crippen molar-refractivity contribution < 1.29 is 14.7 Å². The molecule has 1 fully saturated rings. The predicted molar refractivity (Wildman–Crippen MR) is 70.6 cm³/mol. The van der Waals surface area contributed by atoms with Crippen LogP contribution in [0, 0.1) is 0 Å². The highest BCUT2D eigenvalue weighted by atomic mass is 16.4. The zero-order valence-corrected chi connectivity index (χ0v) is 10.9. The van der Waals surface area contributed by atoms with Crippen molar-refractivity contribution in [2.45, 2.75) is 24.9 Å². The number of amides is 1. The molecular formula is C14H18N2O3. The van der Waals surface area contributed by atoms with Gasteiger partial charge in [-0.05, 0) is 18.4 Å². The number of aliphatic carboxylic acids is 1. The van der Waals surface area contributed by atoms with Crippen molar-refractivity contribution in [2.75, 3.05) is 13.6 Å². The molecule has 1 aliphatic carbocycles. The number of carbonyl (C=O) groups excluding carboxylic acids is 1. The van der Waals surface area contributed by atoms with Crippen molar-refractivity contribution in [1.82, 2.24) is 10.2 Å². The van der Waals surface area contributed by atoms with Crippen LogP contribution in [0.15, 0.2) is 30.3 Å². The highest BCUT2D eigenvalue weighted by Gasteiger charge is 2.30. The lowest BCUT2D eigenvalue weighted by Crippen LogP contribution is -2.40. The Morgan fingerprint density at radius 1 is 1.37 bits per heavy atom. The van der Waals surface area contributed by atoms with E-state index in [4.69, 9.17) is 0 Å². The molecule has 0 aliphatic heterocycles. The Labute approximate surface area is 112 Å². The van der Waals surface area contributed by atoms with Gasteiger partial charge in [-0.15, -0.1) is 0 Å². The summed E-state index contributed by atoms with van der Waals surface area (Å²) >= 11 is 0. The summed E-state index contributed by atoms with van der Waals surface area (Å²) in [4.78, 5) is 24.8. The van der Waals surface area contributed by atoms with Crippen molar-refractivity contribution in [3.63, 3.8) is 0 Å². The maximum atomic E-state index is 11.9. The normalized spacial score (nSPS) is 15.8. The number of carbonyl (C=O) groups is 2. The predicted octanol–water partition coefficient (Wildman–Crippen LogP) is 1.02. The van der Waals surface area contributed by atoms with E-state index < -0.39 is 12.0 Å². The van der Waals surface area contributed by atoms with Gasteiger partial charge in [-0.2, -0.15) is 0 Å². The van der Waals surface area contributed by atoms with Gasteiger partial charge in [-0.1, -0.05) is 30.3 Å². The van der Waals surface area contributed by atoms with Gasteiger partial charge >= 0.3 is 5.97 Å². The van der Waals surface area contributed by atoms with Crippen LogP contribution in [0.4, 0.5) is 0 Å². The number of nitrogens with one attached hydrogen (secondary N) is 1. The smallest absolute Gasteiger partial charge is 0.325 e. The lowest BCUT2D eigenvalue weighted by molar-refractivity contribution is -0.140. The van der Waals surface area contributed by atoms with Crippen molar-refractivity contribution in [3.8, 4) is 0 Å². The lowest BCUT2D eigenvalue weighted by Gasteiger charge is -2.19. The molecule has 5 heteroatoms.